The van der Waals surface area contributed by atoms with E-state index in [4.69, 9.17) is 11.6 Å². The van der Waals surface area contributed by atoms with Gasteiger partial charge in [-0.2, -0.15) is 0 Å². The van der Waals surface area contributed by atoms with E-state index in [9.17, 15) is 13.2 Å². The van der Waals surface area contributed by atoms with Crippen LogP contribution < -0.4 is 4.31 Å². The van der Waals surface area contributed by atoms with Crippen molar-refractivity contribution in [3.05, 3.63) is 101 Å². The summed E-state index contributed by atoms with van der Waals surface area (Å²) in [5.74, 6) is -0.298. The van der Waals surface area contributed by atoms with Gasteiger partial charge in [0.2, 0.25) is 15.9 Å². The predicted octanol–water partition coefficient (Wildman–Crippen LogP) is 4.34. The minimum Gasteiger partial charge on any atom is -0.332 e. The number of nitrogens with zero attached hydrogens (tertiary/aromatic N) is 2. The summed E-state index contributed by atoms with van der Waals surface area (Å²) in [5, 5.41) is 0.402. The van der Waals surface area contributed by atoms with E-state index in [1.807, 2.05) is 60.7 Å². The van der Waals surface area contributed by atoms with Gasteiger partial charge in [-0.25, -0.2) is 8.42 Å². The van der Waals surface area contributed by atoms with Crippen LogP contribution >= 0.6 is 11.6 Å². The van der Waals surface area contributed by atoms with E-state index < -0.39 is 10.0 Å². The summed E-state index contributed by atoms with van der Waals surface area (Å²) in [6.45, 7) is 0.447. The topological polar surface area (TPSA) is 57.7 Å². The van der Waals surface area contributed by atoms with Crippen molar-refractivity contribution in [3.8, 4) is 0 Å². The monoisotopic (exact) mass is 442 g/mol. The first-order valence-corrected chi connectivity index (χ1v) is 11.6. The molecule has 3 aromatic rings. The molecule has 0 saturated heterocycles. The Morgan fingerprint density at radius 2 is 1.37 bits per heavy atom. The van der Waals surface area contributed by atoms with Gasteiger partial charge in [0.1, 0.15) is 6.54 Å². The number of hydrogen-bond donors (Lipinski definition) is 0. The van der Waals surface area contributed by atoms with Crippen molar-refractivity contribution in [1.82, 2.24) is 4.90 Å². The molecule has 0 bridgehead atoms. The standard InChI is InChI=1S/C23H23ClN2O3S/c1-30(28,29)26(22-14-8-13-21(24)15-22)18-23(27)25(16-19-9-4-2-5-10-19)17-20-11-6-3-7-12-20/h2-15H,16-18H2,1H3. The quantitative estimate of drug-likeness (QED) is 0.521. The molecule has 0 aromatic heterocycles. The second-order valence-corrected chi connectivity index (χ2v) is 9.31. The molecule has 0 aliphatic rings. The SMILES string of the molecule is CS(=O)(=O)N(CC(=O)N(Cc1ccccc1)Cc1ccccc1)c1cccc(Cl)c1. The maximum absolute atomic E-state index is 13.3. The highest BCUT2D eigenvalue weighted by Gasteiger charge is 2.24. The Hall–Kier alpha value is -2.83. The van der Waals surface area contributed by atoms with E-state index in [0.717, 1.165) is 21.7 Å². The van der Waals surface area contributed by atoms with Gasteiger partial charge in [-0.3, -0.25) is 9.10 Å². The summed E-state index contributed by atoms with van der Waals surface area (Å²) in [5.41, 5.74) is 2.30. The lowest BCUT2D eigenvalue weighted by Crippen LogP contribution is -2.42. The molecule has 0 saturated carbocycles. The fraction of sp³-hybridized carbons (Fsp3) is 0.174. The summed E-state index contributed by atoms with van der Waals surface area (Å²) in [6, 6.07) is 25.7. The van der Waals surface area contributed by atoms with Crippen molar-refractivity contribution < 1.29 is 13.2 Å². The molecular weight excluding hydrogens is 420 g/mol. The average molecular weight is 443 g/mol. The summed E-state index contributed by atoms with van der Waals surface area (Å²) >= 11 is 6.04. The second kappa shape index (κ2) is 9.78. The van der Waals surface area contributed by atoms with Crippen molar-refractivity contribution in [2.24, 2.45) is 0 Å². The smallest absolute Gasteiger partial charge is 0.243 e. The van der Waals surface area contributed by atoms with Crippen LogP contribution in [0.4, 0.5) is 5.69 Å². The molecule has 5 nitrogen and oxygen atoms in total. The van der Waals surface area contributed by atoms with E-state index in [1.54, 1.807) is 23.1 Å². The number of rotatable bonds is 8. The van der Waals surface area contributed by atoms with Gasteiger partial charge in [0, 0.05) is 18.1 Å². The first-order valence-electron chi connectivity index (χ1n) is 9.42. The molecule has 0 aliphatic carbocycles. The molecule has 1 amide bonds. The number of amides is 1. The van der Waals surface area contributed by atoms with E-state index in [0.29, 0.717) is 23.8 Å². The zero-order valence-electron chi connectivity index (χ0n) is 16.6. The van der Waals surface area contributed by atoms with Gasteiger partial charge in [-0.1, -0.05) is 78.3 Å². The molecule has 0 atom stereocenters. The Morgan fingerprint density at radius 3 is 1.83 bits per heavy atom. The summed E-state index contributed by atoms with van der Waals surface area (Å²) in [6.07, 6.45) is 1.08. The number of anilines is 1. The molecule has 156 valence electrons. The third-order valence-corrected chi connectivity index (χ3v) is 5.94. The largest absolute Gasteiger partial charge is 0.332 e. The first kappa shape index (κ1) is 21.9. The number of benzene rings is 3. The number of sulfonamides is 1. The Balaban J connectivity index is 1.88. The highest BCUT2D eigenvalue weighted by molar-refractivity contribution is 7.92. The minimum atomic E-state index is -3.68. The Labute approximate surface area is 182 Å². The molecule has 0 unspecified atom stereocenters. The zero-order chi connectivity index (χ0) is 21.6. The maximum Gasteiger partial charge on any atom is 0.243 e. The van der Waals surface area contributed by atoms with Gasteiger partial charge in [0.15, 0.2) is 0 Å². The molecular formula is C23H23ClN2O3S. The summed E-state index contributed by atoms with van der Waals surface area (Å²) in [4.78, 5) is 14.9. The van der Waals surface area contributed by atoms with E-state index in [2.05, 4.69) is 0 Å². The lowest BCUT2D eigenvalue weighted by atomic mass is 10.1. The Bertz CT molecular complexity index is 1050. The molecule has 0 fully saturated rings. The third kappa shape index (κ3) is 6.08. The van der Waals surface area contributed by atoms with Crippen LogP contribution in [0.25, 0.3) is 0 Å². The van der Waals surface area contributed by atoms with Crippen LogP contribution in [0.2, 0.25) is 5.02 Å². The van der Waals surface area contributed by atoms with Gasteiger partial charge >= 0.3 is 0 Å². The van der Waals surface area contributed by atoms with Crippen molar-refractivity contribution in [2.75, 3.05) is 17.1 Å². The Kier molecular flexibility index (Phi) is 7.13. The van der Waals surface area contributed by atoms with Crippen molar-refractivity contribution in [1.29, 1.82) is 0 Å². The van der Waals surface area contributed by atoms with Gasteiger partial charge in [0.05, 0.1) is 11.9 Å². The van der Waals surface area contributed by atoms with Crippen molar-refractivity contribution >= 4 is 33.2 Å². The van der Waals surface area contributed by atoms with Crippen molar-refractivity contribution in [3.63, 3.8) is 0 Å². The number of halogens is 1. The van der Waals surface area contributed by atoms with Gasteiger partial charge in [-0.05, 0) is 29.3 Å². The minimum absolute atomic E-state index is 0.298. The Morgan fingerprint density at radius 1 is 0.833 bits per heavy atom. The summed E-state index contributed by atoms with van der Waals surface area (Å²) < 4.78 is 25.9. The molecule has 0 radical (unpaired) electrons. The van der Waals surface area contributed by atoms with Crippen LogP contribution in [0, 0.1) is 0 Å². The zero-order valence-corrected chi connectivity index (χ0v) is 18.2. The molecule has 0 spiro atoms. The van der Waals surface area contributed by atoms with E-state index in [-0.39, 0.29) is 12.5 Å². The lowest BCUT2D eigenvalue weighted by Gasteiger charge is -2.28. The van der Waals surface area contributed by atoms with Crippen LogP contribution in [-0.4, -0.2) is 32.0 Å². The van der Waals surface area contributed by atoms with Gasteiger partial charge < -0.3 is 4.90 Å². The lowest BCUT2D eigenvalue weighted by molar-refractivity contribution is -0.130. The highest BCUT2D eigenvalue weighted by Crippen LogP contribution is 2.22. The molecule has 7 heteroatoms. The van der Waals surface area contributed by atoms with Crippen molar-refractivity contribution in [2.45, 2.75) is 13.1 Å². The maximum atomic E-state index is 13.3. The number of hydrogen-bond acceptors (Lipinski definition) is 3. The number of carbonyl (C=O) groups is 1. The predicted molar refractivity (Wildman–Crippen MR) is 121 cm³/mol. The highest BCUT2D eigenvalue weighted by atomic mass is 35.5. The average Bonchev–Trinajstić information content (AvgIpc) is 2.72. The molecule has 0 N–H and O–H groups in total. The molecule has 0 aliphatic heterocycles. The van der Waals surface area contributed by atoms with Crippen LogP contribution in [0.5, 0.6) is 0 Å². The molecule has 0 heterocycles. The van der Waals surface area contributed by atoms with Crippen LogP contribution in [0.15, 0.2) is 84.9 Å². The van der Waals surface area contributed by atoms with Crippen LogP contribution in [0.3, 0.4) is 0 Å². The van der Waals surface area contributed by atoms with Crippen LogP contribution in [-0.2, 0) is 27.9 Å². The molecule has 3 aromatic carbocycles. The van der Waals surface area contributed by atoms with E-state index in [1.165, 1.54) is 6.07 Å². The van der Waals surface area contributed by atoms with Gasteiger partial charge in [-0.15, -0.1) is 0 Å². The summed E-state index contributed by atoms with van der Waals surface area (Å²) in [7, 11) is -3.68. The third-order valence-electron chi connectivity index (χ3n) is 4.56. The molecule has 3 rings (SSSR count). The first-order chi connectivity index (χ1) is 14.3. The molecule has 30 heavy (non-hydrogen) atoms. The fourth-order valence-corrected chi connectivity index (χ4v) is 4.12. The van der Waals surface area contributed by atoms with Crippen LogP contribution in [0.1, 0.15) is 11.1 Å². The second-order valence-electron chi connectivity index (χ2n) is 6.97. The van der Waals surface area contributed by atoms with E-state index >= 15 is 0 Å². The van der Waals surface area contributed by atoms with Gasteiger partial charge in [0.25, 0.3) is 0 Å². The number of carbonyl (C=O) groups excluding carboxylic acids is 1. The normalized spacial score (nSPS) is 11.1. The fourth-order valence-electron chi connectivity index (χ4n) is 3.09.